The van der Waals surface area contributed by atoms with Crippen molar-refractivity contribution in [3.63, 3.8) is 0 Å². The second-order valence-corrected chi connectivity index (χ2v) is 10.9. The molecule has 0 spiro atoms. The molecular formula is C26H32AlFN4O7. The summed E-state index contributed by atoms with van der Waals surface area (Å²) < 4.78 is 23.2. The van der Waals surface area contributed by atoms with Gasteiger partial charge < -0.3 is 11.1 Å². The average molecular weight is 559 g/mol. The molecule has 39 heavy (non-hydrogen) atoms. The molecule has 2 unspecified atom stereocenters. The van der Waals surface area contributed by atoms with Crippen molar-refractivity contribution in [3.05, 3.63) is 47.5 Å². The molecule has 0 aliphatic carbocycles. The lowest BCUT2D eigenvalue weighted by Gasteiger charge is -2.26. The molecule has 0 saturated carbocycles. The van der Waals surface area contributed by atoms with Crippen LogP contribution in [0.4, 0.5) is 3.52 Å². The average Bonchev–Trinajstić information content (AvgIpc) is 3.23. The highest BCUT2D eigenvalue weighted by Crippen LogP contribution is 2.13. The smallest absolute Gasteiger partial charge is 0.558 e. The number of ketones is 1. The van der Waals surface area contributed by atoms with Crippen LogP contribution in [0, 0.1) is 0 Å². The monoisotopic (exact) mass is 558 g/mol. The second-order valence-electron chi connectivity index (χ2n) is 9.88. The SMILES string of the molecule is O=C(CCCN1C(=O)C=CC1=O)Cc1ccc(CN2CCN3CCN(CC2)CC(=O)[O][Al]([F])[O]C(=O)C3)cc1. The molecule has 3 aliphatic rings. The van der Waals surface area contributed by atoms with Gasteiger partial charge in [-0.3, -0.25) is 43.6 Å². The van der Waals surface area contributed by atoms with Gasteiger partial charge in [0, 0.05) is 77.4 Å². The number of amides is 2. The molecule has 3 heterocycles. The number of Topliss-reactive ketones (excluding diaryl/α,β-unsaturated/α-hetero) is 1. The van der Waals surface area contributed by atoms with Crippen molar-refractivity contribution in [1.82, 2.24) is 19.6 Å². The van der Waals surface area contributed by atoms with Gasteiger partial charge in [0.1, 0.15) is 5.78 Å². The van der Waals surface area contributed by atoms with E-state index in [2.05, 4.69) is 4.90 Å². The Hall–Kier alpha value is -2.95. The summed E-state index contributed by atoms with van der Waals surface area (Å²) >= 11 is -3.82. The van der Waals surface area contributed by atoms with E-state index in [9.17, 15) is 27.5 Å². The predicted molar refractivity (Wildman–Crippen MR) is 137 cm³/mol. The molecule has 208 valence electrons. The molecule has 0 radical (unpaired) electrons. The lowest BCUT2D eigenvalue weighted by molar-refractivity contribution is -0.142. The summed E-state index contributed by atoms with van der Waals surface area (Å²) in [5.41, 5.74) is 1.95. The third-order valence-corrected chi connectivity index (χ3v) is 7.82. The number of hydrogen-bond acceptors (Lipinski definition) is 10. The van der Waals surface area contributed by atoms with Crippen LogP contribution >= 0.6 is 0 Å². The normalized spacial score (nSPS) is 23.1. The van der Waals surface area contributed by atoms with Crippen LogP contribution in [0.5, 0.6) is 0 Å². The first-order valence-corrected chi connectivity index (χ1v) is 14.5. The van der Waals surface area contributed by atoms with Crippen LogP contribution < -0.4 is 0 Å². The van der Waals surface area contributed by atoms with Gasteiger partial charge in [-0.1, -0.05) is 24.3 Å². The number of hydrogen-bond donors (Lipinski definition) is 0. The first kappa shape index (κ1) is 29.0. The maximum Gasteiger partial charge on any atom is 1.15 e. The van der Waals surface area contributed by atoms with E-state index in [0.717, 1.165) is 16.0 Å². The van der Waals surface area contributed by atoms with Crippen LogP contribution in [0.15, 0.2) is 36.4 Å². The van der Waals surface area contributed by atoms with Gasteiger partial charge in [-0.05, 0) is 17.5 Å². The lowest BCUT2D eigenvalue weighted by Crippen LogP contribution is -2.40. The van der Waals surface area contributed by atoms with Crippen LogP contribution in [0.3, 0.4) is 0 Å². The first-order chi connectivity index (χ1) is 18.7. The highest BCUT2D eigenvalue weighted by atomic mass is 27.3. The Balaban J connectivity index is 1.28. The number of fused-ring (bicyclic) bond motifs is 3. The second kappa shape index (κ2) is 13.9. The molecule has 3 aliphatic heterocycles. The van der Waals surface area contributed by atoms with E-state index in [1.54, 1.807) is 0 Å². The molecule has 2 amide bonds. The molecule has 4 rings (SSSR count). The Morgan fingerprint density at radius 2 is 1.31 bits per heavy atom. The molecule has 11 nitrogen and oxygen atoms in total. The summed E-state index contributed by atoms with van der Waals surface area (Å²) in [4.78, 5) is 67.0. The molecule has 0 aromatic heterocycles. The van der Waals surface area contributed by atoms with Crippen LogP contribution in [0.25, 0.3) is 0 Å². The van der Waals surface area contributed by atoms with Gasteiger partial charge in [0.2, 0.25) is 0 Å². The highest BCUT2D eigenvalue weighted by Gasteiger charge is 2.42. The number of halogens is 1. The van der Waals surface area contributed by atoms with Gasteiger partial charge >= 0.3 is 15.3 Å². The minimum atomic E-state index is -3.82. The van der Waals surface area contributed by atoms with Crippen molar-refractivity contribution in [2.45, 2.75) is 25.8 Å². The molecule has 1 aromatic carbocycles. The predicted octanol–water partition coefficient (Wildman–Crippen LogP) is -0.0226. The number of benzene rings is 1. The minimum Gasteiger partial charge on any atom is -0.558 e. The van der Waals surface area contributed by atoms with Gasteiger partial charge in [-0.15, -0.1) is 0 Å². The fourth-order valence-electron chi connectivity index (χ4n) is 4.75. The summed E-state index contributed by atoms with van der Waals surface area (Å²) in [6.07, 6.45) is 3.48. The van der Waals surface area contributed by atoms with Crippen LogP contribution in [0.1, 0.15) is 24.0 Å². The van der Waals surface area contributed by atoms with Gasteiger partial charge in [0.25, 0.3) is 23.8 Å². The van der Waals surface area contributed by atoms with E-state index in [1.807, 2.05) is 34.1 Å². The number of imide groups is 1. The summed E-state index contributed by atoms with van der Waals surface area (Å²) in [5.74, 6) is -2.07. The summed E-state index contributed by atoms with van der Waals surface area (Å²) in [7, 11) is 0. The summed E-state index contributed by atoms with van der Waals surface area (Å²) in [5, 5.41) is 0. The largest absolute Gasteiger partial charge is 1.15 e. The van der Waals surface area contributed by atoms with E-state index in [4.69, 9.17) is 7.58 Å². The first-order valence-electron chi connectivity index (χ1n) is 13.1. The molecule has 2 bridgehead atoms. The number of carbonyl (C=O) groups is 5. The van der Waals surface area contributed by atoms with E-state index in [-0.39, 0.29) is 50.1 Å². The quantitative estimate of drug-likeness (QED) is 0.318. The molecule has 0 N–H and O–H groups in total. The Morgan fingerprint density at radius 3 is 1.87 bits per heavy atom. The van der Waals surface area contributed by atoms with Crippen molar-refractivity contribution in [3.8, 4) is 0 Å². The Labute approximate surface area is 231 Å². The summed E-state index contributed by atoms with van der Waals surface area (Å²) in [6.45, 7) is 4.42. The third kappa shape index (κ3) is 9.05. The molecule has 2 saturated heterocycles. The topological polar surface area (TPSA) is 117 Å². The third-order valence-electron chi connectivity index (χ3n) is 6.92. The zero-order chi connectivity index (χ0) is 27.8. The Morgan fingerprint density at radius 1 is 0.795 bits per heavy atom. The Bertz CT molecular complexity index is 1070. The maximum atomic E-state index is 13.8. The zero-order valence-electron chi connectivity index (χ0n) is 21.8. The molecule has 1 aromatic rings. The molecule has 2 fully saturated rings. The van der Waals surface area contributed by atoms with Gasteiger partial charge in [0.15, 0.2) is 0 Å². The van der Waals surface area contributed by atoms with Crippen molar-refractivity contribution >= 4 is 44.8 Å². The van der Waals surface area contributed by atoms with Crippen molar-refractivity contribution in [2.24, 2.45) is 0 Å². The summed E-state index contributed by atoms with van der Waals surface area (Å²) in [6, 6.07) is 7.82. The number of nitrogens with zero attached hydrogens (tertiary/aromatic N) is 4. The van der Waals surface area contributed by atoms with Crippen LogP contribution in [-0.2, 0) is 44.5 Å². The van der Waals surface area contributed by atoms with Crippen molar-refractivity contribution < 1.29 is 35.1 Å². The van der Waals surface area contributed by atoms with Gasteiger partial charge in [-0.25, -0.2) is 0 Å². The standard InChI is InChI=1S/C26H34N4O7.Al.FH/c31-22(2-1-9-30-23(32)7-8-24(30)33)16-20-3-5-21(6-4-20)17-27-10-12-28(18-25(34)35)14-15-29(13-11-27)19-26(36)37;;/h3-8H,1-2,9-19H2,(H,34,35)(H,36,37);;1H/q;+3;/p-3. The molecule has 2 atom stereocenters. The van der Waals surface area contributed by atoms with Crippen molar-refractivity contribution in [2.75, 3.05) is 58.9 Å². The lowest BCUT2D eigenvalue weighted by atomic mass is 10.0. The molecular weight excluding hydrogens is 526 g/mol. The number of rotatable bonds is 8. The highest BCUT2D eigenvalue weighted by molar-refractivity contribution is 6.41. The fraction of sp³-hybridized carbons (Fsp3) is 0.500. The van der Waals surface area contributed by atoms with E-state index < -0.39 is 27.2 Å². The minimum absolute atomic E-state index is 0.0435. The molecule has 13 heteroatoms. The van der Waals surface area contributed by atoms with Crippen molar-refractivity contribution in [1.29, 1.82) is 0 Å². The van der Waals surface area contributed by atoms with E-state index in [0.29, 0.717) is 52.2 Å². The Kier molecular flexibility index (Phi) is 10.4. The number of carbonyl (C=O) groups excluding carboxylic acids is 5. The van der Waals surface area contributed by atoms with Crippen LogP contribution in [-0.4, -0.2) is 123 Å². The van der Waals surface area contributed by atoms with E-state index >= 15 is 0 Å². The fourth-order valence-corrected chi connectivity index (χ4v) is 5.36. The maximum absolute atomic E-state index is 13.8. The van der Waals surface area contributed by atoms with Crippen LogP contribution in [0.2, 0.25) is 0 Å². The zero-order valence-corrected chi connectivity index (χ0v) is 22.9. The van der Waals surface area contributed by atoms with E-state index in [1.165, 1.54) is 12.2 Å². The van der Waals surface area contributed by atoms with Gasteiger partial charge in [0.05, 0.1) is 13.1 Å². The van der Waals surface area contributed by atoms with Gasteiger partial charge in [-0.2, -0.15) is 0 Å².